The molecule has 1 saturated heterocycles. The molecule has 0 saturated carbocycles. The van der Waals surface area contributed by atoms with Crippen molar-refractivity contribution < 1.29 is 19.2 Å². The van der Waals surface area contributed by atoms with E-state index in [1.165, 1.54) is 16.0 Å². The fraction of sp³-hybridized carbons (Fsp3) is 0.130. The predicted octanol–water partition coefficient (Wildman–Crippen LogP) is 4.25. The highest BCUT2D eigenvalue weighted by Gasteiger charge is 2.28. The Bertz CT molecular complexity index is 1390. The lowest BCUT2D eigenvalue weighted by Crippen LogP contribution is -2.33. The number of nitrogens with zero attached hydrogens (tertiary/aromatic N) is 1. The van der Waals surface area contributed by atoms with Crippen LogP contribution < -0.4 is 16.0 Å². The third-order valence-electron chi connectivity index (χ3n) is 5.20. The Hall–Kier alpha value is -3.76. The molecule has 0 aliphatic carbocycles. The van der Waals surface area contributed by atoms with Crippen molar-refractivity contribution in [1.82, 2.24) is 10.2 Å². The Morgan fingerprint density at radius 3 is 2.39 bits per heavy atom. The maximum atomic E-state index is 12.7. The number of benzene rings is 2. The lowest BCUT2D eigenvalue weighted by molar-refractivity contribution is -0.125. The van der Waals surface area contributed by atoms with E-state index in [1.54, 1.807) is 35.6 Å². The second-order valence-corrected chi connectivity index (χ2v) is 9.57. The van der Waals surface area contributed by atoms with Crippen LogP contribution in [0, 0.1) is 0 Å². The zero-order valence-electron chi connectivity index (χ0n) is 17.2. The van der Waals surface area contributed by atoms with Gasteiger partial charge in [0.2, 0.25) is 11.8 Å². The van der Waals surface area contributed by atoms with Gasteiger partial charge in [-0.2, -0.15) is 0 Å². The number of thiophene rings is 2. The molecule has 0 atom stereocenters. The van der Waals surface area contributed by atoms with Crippen LogP contribution in [-0.4, -0.2) is 41.7 Å². The van der Waals surface area contributed by atoms with Crippen molar-refractivity contribution in [3.63, 3.8) is 0 Å². The summed E-state index contributed by atoms with van der Waals surface area (Å²) in [6.07, 6.45) is 0.00182. The number of rotatable bonds is 6. The summed E-state index contributed by atoms with van der Waals surface area (Å²) in [6, 6.07) is 16.4. The summed E-state index contributed by atoms with van der Waals surface area (Å²) in [5.41, 5.74) is 1.16. The predicted molar refractivity (Wildman–Crippen MR) is 130 cm³/mol. The molecule has 5 rings (SSSR count). The van der Waals surface area contributed by atoms with E-state index in [4.69, 9.17) is 0 Å². The van der Waals surface area contributed by atoms with E-state index in [0.717, 1.165) is 19.7 Å². The van der Waals surface area contributed by atoms with Gasteiger partial charge in [-0.3, -0.25) is 19.3 Å². The van der Waals surface area contributed by atoms with Gasteiger partial charge < -0.3 is 16.0 Å². The van der Waals surface area contributed by atoms with Crippen molar-refractivity contribution in [2.24, 2.45) is 0 Å². The van der Waals surface area contributed by atoms with E-state index < -0.39 is 6.03 Å². The van der Waals surface area contributed by atoms with Crippen LogP contribution in [-0.2, 0) is 9.59 Å². The SMILES string of the molecule is O=C(CCN1C(=O)CNC1=O)Nc1ccc(NC(=O)c2cc3sc4ccccc4c3s2)cc1. The molecule has 166 valence electrons. The summed E-state index contributed by atoms with van der Waals surface area (Å²) in [7, 11) is 0. The number of nitrogens with one attached hydrogen (secondary N) is 3. The van der Waals surface area contributed by atoms with E-state index in [-0.39, 0.29) is 37.2 Å². The molecule has 8 nitrogen and oxygen atoms in total. The van der Waals surface area contributed by atoms with E-state index >= 15 is 0 Å². The van der Waals surface area contributed by atoms with Crippen molar-refractivity contribution in [3.8, 4) is 0 Å². The van der Waals surface area contributed by atoms with Crippen LogP contribution >= 0.6 is 22.7 Å². The number of hydrogen-bond acceptors (Lipinski definition) is 6. The van der Waals surface area contributed by atoms with Gasteiger partial charge in [-0.15, -0.1) is 22.7 Å². The molecule has 0 spiro atoms. The standard InChI is InChI=1S/C23H18N4O4S2/c28-19(9-10-27-20(29)12-24-23(27)31)25-13-5-7-14(8-6-13)26-22(30)18-11-17-21(33-18)15-3-1-2-4-16(15)32-17/h1-8,11H,9-10,12H2,(H,24,31)(H,25,28)(H,26,30). The Morgan fingerprint density at radius 1 is 0.939 bits per heavy atom. The first-order valence-corrected chi connectivity index (χ1v) is 11.8. The van der Waals surface area contributed by atoms with E-state index in [1.807, 2.05) is 18.2 Å². The van der Waals surface area contributed by atoms with Crippen LogP contribution in [0.2, 0.25) is 0 Å². The van der Waals surface area contributed by atoms with Gasteiger partial charge in [0.15, 0.2) is 0 Å². The number of anilines is 2. The van der Waals surface area contributed by atoms with Gasteiger partial charge in [0.1, 0.15) is 0 Å². The molecule has 5 amide bonds. The summed E-state index contributed by atoms with van der Waals surface area (Å²) in [6.45, 7) is -0.00788. The number of carbonyl (C=O) groups excluding carboxylic acids is 4. The third-order valence-corrected chi connectivity index (χ3v) is 7.61. The second kappa shape index (κ2) is 8.64. The van der Waals surface area contributed by atoms with Crippen molar-refractivity contribution >= 4 is 77.3 Å². The Balaban J connectivity index is 1.18. The largest absolute Gasteiger partial charge is 0.329 e. The molecule has 3 N–H and O–H groups in total. The van der Waals surface area contributed by atoms with Gasteiger partial charge in [0, 0.05) is 39.1 Å². The first-order chi connectivity index (χ1) is 16.0. The second-order valence-electron chi connectivity index (χ2n) is 7.44. The smallest absolute Gasteiger partial charge is 0.324 e. The van der Waals surface area contributed by atoms with Gasteiger partial charge in [-0.1, -0.05) is 18.2 Å². The summed E-state index contributed by atoms with van der Waals surface area (Å²) in [5, 5.41) is 9.18. The molecule has 3 heterocycles. The molecular formula is C23H18N4O4S2. The summed E-state index contributed by atoms with van der Waals surface area (Å²) >= 11 is 3.15. The lowest BCUT2D eigenvalue weighted by atomic mass is 10.2. The number of amides is 5. The molecule has 10 heteroatoms. The fourth-order valence-electron chi connectivity index (χ4n) is 3.56. The quantitative estimate of drug-likeness (QED) is 0.360. The van der Waals surface area contributed by atoms with Crippen molar-refractivity contribution in [2.75, 3.05) is 23.7 Å². The highest BCUT2D eigenvalue weighted by molar-refractivity contribution is 7.33. The Morgan fingerprint density at radius 2 is 1.67 bits per heavy atom. The molecule has 1 fully saturated rings. The third kappa shape index (κ3) is 4.30. The monoisotopic (exact) mass is 478 g/mol. The fourth-order valence-corrected chi connectivity index (χ4v) is 5.98. The van der Waals surface area contributed by atoms with Gasteiger partial charge in [0.05, 0.1) is 16.1 Å². The molecule has 33 heavy (non-hydrogen) atoms. The number of urea groups is 1. The molecule has 4 aromatic rings. The van der Waals surface area contributed by atoms with Crippen LogP contribution in [0.15, 0.2) is 54.6 Å². The number of carbonyl (C=O) groups is 4. The lowest BCUT2D eigenvalue weighted by Gasteiger charge is -2.12. The molecule has 0 unspecified atom stereocenters. The molecular weight excluding hydrogens is 460 g/mol. The van der Waals surface area contributed by atoms with Crippen LogP contribution in [0.5, 0.6) is 0 Å². The maximum Gasteiger partial charge on any atom is 0.324 e. The van der Waals surface area contributed by atoms with E-state index in [0.29, 0.717) is 16.3 Å². The summed E-state index contributed by atoms with van der Waals surface area (Å²) < 4.78 is 3.42. The van der Waals surface area contributed by atoms with Crippen molar-refractivity contribution in [2.45, 2.75) is 6.42 Å². The van der Waals surface area contributed by atoms with E-state index in [2.05, 4.69) is 28.1 Å². The first-order valence-electron chi connectivity index (χ1n) is 10.2. The average molecular weight is 479 g/mol. The average Bonchev–Trinajstić information content (AvgIpc) is 3.46. The highest BCUT2D eigenvalue weighted by Crippen LogP contribution is 2.39. The molecule has 1 aliphatic heterocycles. The zero-order chi connectivity index (χ0) is 22.9. The molecule has 2 aromatic carbocycles. The minimum Gasteiger partial charge on any atom is -0.329 e. The molecule has 1 aliphatic rings. The van der Waals surface area contributed by atoms with Crippen LogP contribution in [0.4, 0.5) is 16.2 Å². The summed E-state index contributed by atoms with van der Waals surface area (Å²) in [4.78, 5) is 49.6. The van der Waals surface area contributed by atoms with Crippen LogP contribution in [0.3, 0.4) is 0 Å². The minimum absolute atomic E-state index is 0.00182. The highest BCUT2D eigenvalue weighted by atomic mass is 32.1. The van der Waals surface area contributed by atoms with Crippen LogP contribution in [0.1, 0.15) is 16.1 Å². The first kappa shape index (κ1) is 21.1. The zero-order valence-corrected chi connectivity index (χ0v) is 18.8. The number of hydrogen-bond donors (Lipinski definition) is 3. The maximum absolute atomic E-state index is 12.7. The molecule has 0 bridgehead atoms. The van der Waals surface area contributed by atoms with Crippen molar-refractivity contribution in [3.05, 3.63) is 59.5 Å². The van der Waals surface area contributed by atoms with Crippen LogP contribution in [0.25, 0.3) is 19.5 Å². The summed E-state index contributed by atoms with van der Waals surface area (Å²) in [5.74, 6) is -0.838. The molecule has 2 aromatic heterocycles. The van der Waals surface area contributed by atoms with Gasteiger partial charge in [0.25, 0.3) is 5.91 Å². The van der Waals surface area contributed by atoms with Gasteiger partial charge >= 0.3 is 6.03 Å². The van der Waals surface area contributed by atoms with Gasteiger partial charge in [-0.05, 0) is 36.4 Å². The number of imide groups is 1. The van der Waals surface area contributed by atoms with E-state index in [9.17, 15) is 19.2 Å². The Kier molecular flexibility index (Phi) is 5.53. The topological polar surface area (TPSA) is 108 Å². The van der Waals surface area contributed by atoms with Crippen molar-refractivity contribution in [1.29, 1.82) is 0 Å². The minimum atomic E-state index is -0.480. The molecule has 0 radical (unpaired) electrons. The Labute approximate surface area is 196 Å². The normalized spacial score (nSPS) is 13.5. The van der Waals surface area contributed by atoms with Gasteiger partial charge in [-0.25, -0.2) is 4.79 Å². The number of fused-ring (bicyclic) bond motifs is 3.